The maximum absolute atomic E-state index is 3.37. The van der Waals surface area contributed by atoms with Crippen LogP contribution in [0, 0.1) is 13.8 Å². The smallest absolute Gasteiger partial charge is 0.00433 e. The Hall–Kier alpha value is -0.820. The van der Waals surface area contributed by atoms with Crippen molar-refractivity contribution in [2.45, 2.75) is 40.0 Å². The van der Waals surface area contributed by atoms with Gasteiger partial charge in [0.15, 0.2) is 0 Å². The lowest BCUT2D eigenvalue weighted by Gasteiger charge is -2.13. The van der Waals surface area contributed by atoms with Crippen LogP contribution < -0.4 is 5.32 Å². The molecule has 1 nitrogen and oxygen atoms in total. The summed E-state index contributed by atoms with van der Waals surface area (Å²) < 4.78 is 0. The first-order valence-corrected chi connectivity index (χ1v) is 5.93. The van der Waals surface area contributed by atoms with E-state index in [9.17, 15) is 0 Å². The summed E-state index contributed by atoms with van der Waals surface area (Å²) in [7, 11) is 0. The summed E-state index contributed by atoms with van der Waals surface area (Å²) in [5, 5.41) is 3.37. The van der Waals surface area contributed by atoms with Gasteiger partial charge in [-0.3, -0.25) is 0 Å². The van der Waals surface area contributed by atoms with Crippen LogP contribution in [0.4, 0.5) is 0 Å². The fourth-order valence-electron chi connectivity index (χ4n) is 1.73. The molecule has 1 heteroatoms. The van der Waals surface area contributed by atoms with Crippen molar-refractivity contribution in [1.82, 2.24) is 5.32 Å². The molecule has 0 fully saturated rings. The summed E-state index contributed by atoms with van der Waals surface area (Å²) in [6.45, 7) is 11.0. The van der Waals surface area contributed by atoms with Gasteiger partial charge in [-0.2, -0.15) is 0 Å². The van der Waals surface area contributed by atoms with Gasteiger partial charge in [-0.15, -0.1) is 0 Å². The van der Waals surface area contributed by atoms with Crippen LogP contribution in [0.25, 0.3) is 0 Å². The minimum atomic E-state index is 0.656. The van der Waals surface area contributed by atoms with Crippen molar-refractivity contribution < 1.29 is 0 Å². The summed E-state index contributed by atoms with van der Waals surface area (Å²) in [5.74, 6) is 0.656. The molecule has 0 saturated heterocycles. The maximum Gasteiger partial charge on any atom is -0.00433 e. The minimum Gasteiger partial charge on any atom is -0.317 e. The van der Waals surface area contributed by atoms with E-state index in [0.717, 1.165) is 13.1 Å². The summed E-state index contributed by atoms with van der Waals surface area (Å²) in [6.07, 6.45) is 1.22. The molecule has 0 aliphatic rings. The van der Waals surface area contributed by atoms with Gasteiger partial charge in [0.25, 0.3) is 0 Å². The Kier molecular flexibility index (Phi) is 4.83. The standard InChI is InChI=1S/C14H23N/c1-5-15-9-8-12(3)14-7-6-11(2)13(4)10-14/h6-7,10,12,15H,5,8-9H2,1-4H3. The first kappa shape index (κ1) is 12.3. The van der Waals surface area contributed by atoms with Crippen LogP contribution >= 0.6 is 0 Å². The number of hydrogen-bond acceptors (Lipinski definition) is 1. The zero-order chi connectivity index (χ0) is 11.3. The van der Waals surface area contributed by atoms with Crippen LogP contribution in [0.15, 0.2) is 18.2 Å². The molecule has 0 aromatic heterocycles. The molecule has 0 aliphatic carbocycles. The van der Waals surface area contributed by atoms with Crippen LogP contribution in [0.3, 0.4) is 0 Å². The number of nitrogens with one attached hydrogen (secondary N) is 1. The van der Waals surface area contributed by atoms with Crippen LogP contribution in [0.2, 0.25) is 0 Å². The monoisotopic (exact) mass is 205 g/mol. The van der Waals surface area contributed by atoms with Crippen molar-refractivity contribution in [3.63, 3.8) is 0 Å². The molecular weight excluding hydrogens is 182 g/mol. The summed E-state index contributed by atoms with van der Waals surface area (Å²) >= 11 is 0. The Morgan fingerprint density at radius 2 is 1.93 bits per heavy atom. The number of hydrogen-bond donors (Lipinski definition) is 1. The highest BCUT2D eigenvalue weighted by Gasteiger charge is 2.05. The van der Waals surface area contributed by atoms with Crippen molar-refractivity contribution in [1.29, 1.82) is 0 Å². The number of benzene rings is 1. The van der Waals surface area contributed by atoms with E-state index in [2.05, 4.69) is 51.2 Å². The number of aryl methyl sites for hydroxylation is 2. The molecule has 1 aromatic rings. The molecule has 0 radical (unpaired) electrons. The molecule has 15 heavy (non-hydrogen) atoms. The van der Waals surface area contributed by atoms with E-state index in [1.807, 2.05) is 0 Å². The molecule has 1 N–H and O–H groups in total. The van der Waals surface area contributed by atoms with Gasteiger partial charge in [0.1, 0.15) is 0 Å². The fourth-order valence-corrected chi connectivity index (χ4v) is 1.73. The Morgan fingerprint density at radius 3 is 2.53 bits per heavy atom. The molecule has 1 aromatic carbocycles. The lowest BCUT2D eigenvalue weighted by molar-refractivity contribution is 0.608. The van der Waals surface area contributed by atoms with Crippen molar-refractivity contribution in [2.24, 2.45) is 0 Å². The zero-order valence-corrected chi connectivity index (χ0v) is 10.4. The molecule has 1 unspecified atom stereocenters. The van der Waals surface area contributed by atoms with Crippen molar-refractivity contribution in [3.8, 4) is 0 Å². The molecule has 84 valence electrons. The van der Waals surface area contributed by atoms with Crippen LogP contribution in [0.5, 0.6) is 0 Å². The van der Waals surface area contributed by atoms with E-state index in [-0.39, 0.29) is 0 Å². The average molecular weight is 205 g/mol. The Bertz CT molecular complexity index is 304. The second-order valence-corrected chi connectivity index (χ2v) is 4.39. The minimum absolute atomic E-state index is 0.656. The first-order valence-electron chi connectivity index (χ1n) is 5.93. The lowest BCUT2D eigenvalue weighted by Crippen LogP contribution is -2.16. The van der Waals surface area contributed by atoms with Crippen LogP contribution in [-0.2, 0) is 0 Å². The zero-order valence-electron chi connectivity index (χ0n) is 10.4. The Labute approximate surface area is 93.9 Å². The van der Waals surface area contributed by atoms with Gasteiger partial charge in [-0.05, 0) is 56.0 Å². The Balaban J connectivity index is 2.57. The maximum atomic E-state index is 3.37. The largest absolute Gasteiger partial charge is 0.317 e. The topological polar surface area (TPSA) is 12.0 Å². The summed E-state index contributed by atoms with van der Waals surface area (Å²) in [4.78, 5) is 0. The van der Waals surface area contributed by atoms with E-state index in [0.29, 0.717) is 5.92 Å². The predicted molar refractivity (Wildman–Crippen MR) is 67.5 cm³/mol. The Morgan fingerprint density at radius 1 is 1.20 bits per heavy atom. The molecule has 0 saturated carbocycles. The van der Waals surface area contributed by atoms with Gasteiger partial charge in [-0.25, -0.2) is 0 Å². The van der Waals surface area contributed by atoms with E-state index < -0.39 is 0 Å². The highest BCUT2D eigenvalue weighted by Crippen LogP contribution is 2.20. The molecule has 1 rings (SSSR count). The average Bonchev–Trinajstić information content (AvgIpc) is 2.22. The van der Waals surface area contributed by atoms with E-state index in [4.69, 9.17) is 0 Å². The predicted octanol–water partition coefficient (Wildman–Crippen LogP) is 3.41. The molecule has 0 aliphatic heterocycles. The van der Waals surface area contributed by atoms with Gasteiger partial charge in [0.05, 0.1) is 0 Å². The van der Waals surface area contributed by atoms with Crippen molar-refractivity contribution in [3.05, 3.63) is 34.9 Å². The second-order valence-electron chi connectivity index (χ2n) is 4.39. The summed E-state index contributed by atoms with van der Waals surface area (Å²) in [6, 6.07) is 6.82. The third-order valence-corrected chi connectivity index (χ3v) is 3.10. The highest BCUT2D eigenvalue weighted by atomic mass is 14.8. The van der Waals surface area contributed by atoms with Gasteiger partial charge >= 0.3 is 0 Å². The third-order valence-electron chi connectivity index (χ3n) is 3.10. The number of rotatable bonds is 5. The molecular formula is C14H23N. The van der Waals surface area contributed by atoms with Gasteiger partial charge < -0.3 is 5.32 Å². The molecule has 0 amide bonds. The normalized spacial score (nSPS) is 12.8. The van der Waals surface area contributed by atoms with Gasteiger partial charge in [0.2, 0.25) is 0 Å². The molecule has 0 heterocycles. The van der Waals surface area contributed by atoms with Crippen LogP contribution in [-0.4, -0.2) is 13.1 Å². The van der Waals surface area contributed by atoms with Crippen LogP contribution in [0.1, 0.15) is 42.9 Å². The highest BCUT2D eigenvalue weighted by molar-refractivity contribution is 5.31. The fraction of sp³-hybridized carbons (Fsp3) is 0.571. The van der Waals surface area contributed by atoms with E-state index in [1.165, 1.54) is 23.1 Å². The summed E-state index contributed by atoms with van der Waals surface area (Å²) in [5.41, 5.74) is 4.26. The molecule has 0 spiro atoms. The first-order chi connectivity index (χ1) is 7.15. The van der Waals surface area contributed by atoms with Crippen molar-refractivity contribution in [2.75, 3.05) is 13.1 Å². The quantitative estimate of drug-likeness (QED) is 0.726. The molecule has 0 bridgehead atoms. The SMILES string of the molecule is CCNCCC(C)c1ccc(C)c(C)c1. The van der Waals surface area contributed by atoms with E-state index >= 15 is 0 Å². The van der Waals surface area contributed by atoms with Gasteiger partial charge in [0, 0.05) is 0 Å². The lowest BCUT2D eigenvalue weighted by atomic mass is 9.94. The molecule has 1 atom stereocenters. The second kappa shape index (κ2) is 5.92. The van der Waals surface area contributed by atoms with E-state index in [1.54, 1.807) is 0 Å². The third kappa shape index (κ3) is 3.67. The van der Waals surface area contributed by atoms with Crippen molar-refractivity contribution >= 4 is 0 Å². The van der Waals surface area contributed by atoms with Gasteiger partial charge in [-0.1, -0.05) is 32.0 Å².